The lowest BCUT2D eigenvalue weighted by Crippen LogP contribution is -2.40. The van der Waals surface area contributed by atoms with E-state index in [4.69, 9.17) is 9.72 Å². The summed E-state index contributed by atoms with van der Waals surface area (Å²) in [5.41, 5.74) is 2.80. The van der Waals surface area contributed by atoms with Crippen LogP contribution < -0.4 is 10.5 Å². The Morgan fingerprint density at radius 1 is 1.19 bits per heavy atom. The molecule has 0 radical (unpaired) electrons. The third-order valence-corrected chi connectivity index (χ3v) is 7.32. The average molecular weight is 450 g/mol. The van der Waals surface area contributed by atoms with Gasteiger partial charge in [-0.2, -0.15) is 0 Å². The molecule has 6 nitrogen and oxygen atoms in total. The van der Waals surface area contributed by atoms with E-state index in [9.17, 15) is 9.59 Å². The molecule has 0 bridgehead atoms. The molecule has 1 saturated heterocycles. The molecule has 0 saturated carbocycles. The molecule has 1 fully saturated rings. The summed E-state index contributed by atoms with van der Waals surface area (Å²) in [7, 11) is 0. The van der Waals surface area contributed by atoms with E-state index in [1.54, 1.807) is 4.57 Å². The quantitative estimate of drug-likeness (QED) is 0.435. The zero-order chi connectivity index (χ0) is 22.1. The summed E-state index contributed by atoms with van der Waals surface area (Å²) in [5.74, 6) is 0.0493. The molecule has 0 spiro atoms. The minimum atomic E-state index is -0.370. The van der Waals surface area contributed by atoms with Crippen molar-refractivity contribution in [2.24, 2.45) is 0 Å². The minimum absolute atomic E-state index is 0.00925. The maximum atomic E-state index is 13.4. The van der Waals surface area contributed by atoms with Crippen LogP contribution in [-0.4, -0.2) is 40.0 Å². The van der Waals surface area contributed by atoms with E-state index in [2.05, 4.69) is 6.07 Å². The van der Waals surface area contributed by atoms with Crippen LogP contribution in [0.25, 0.3) is 10.9 Å². The van der Waals surface area contributed by atoms with Crippen LogP contribution >= 0.6 is 11.8 Å². The summed E-state index contributed by atoms with van der Waals surface area (Å²) in [6.07, 6.45) is 3.90. The summed E-state index contributed by atoms with van der Waals surface area (Å²) >= 11 is 1.36. The topological polar surface area (TPSA) is 64.4 Å². The molecule has 2 aliphatic heterocycles. The Morgan fingerprint density at radius 3 is 2.84 bits per heavy atom. The summed E-state index contributed by atoms with van der Waals surface area (Å²) in [6.45, 7) is 3.81. The second-order valence-electron chi connectivity index (χ2n) is 8.44. The third kappa shape index (κ3) is 4.07. The van der Waals surface area contributed by atoms with Gasteiger partial charge in [0.15, 0.2) is 5.16 Å². The van der Waals surface area contributed by atoms with E-state index < -0.39 is 0 Å². The van der Waals surface area contributed by atoms with E-state index in [0.29, 0.717) is 29.1 Å². The normalized spacial score (nSPS) is 19.2. The number of benzene rings is 2. The predicted molar refractivity (Wildman–Crippen MR) is 127 cm³/mol. The van der Waals surface area contributed by atoms with E-state index in [1.807, 2.05) is 54.3 Å². The Labute approximate surface area is 191 Å². The maximum Gasteiger partial charge on any atom is 0.262 e. The second kappa shape index (κ2) is 9.08. The van der Waals surface area contributed by atoms with Crippen LogP contribution in [0.15, 0.2) is 58.5 Å². The summed E-state index contributed by atoms with van der Waals surface area (Å²) in [5, 5.41) is 0.805. The molecule has 5 rings (SSSR count). The Morgan fingerprint density at radius 2 is 2.00 bits per heavy atom. The third-order valence-electron chi connectivity index (χ3n) is 6.24. The van der Waals surface area contributed by atoms with Gasteiger partial charge in [-0.25, -0.2) is 4.98 Å². The van der Waals surface area contributed by atoms with Crippen LogP contribution in [-0.2, 0) is 22.5 Å². The first-order valence-corrected chi connectivity index (χ1v) is 12.2. The van der Waals surface area contributed by atoms with Crippen LogP contribution in [0.3, 0.4) is 0 Å². The number of aromatic nitrogens is 2. The highest BCUT2D eigenvalue weighted by atomic mass is 32.2. The van der Waals surface area contributed by atoms with Gasteiger partial charge in [0.25, 0.3) is 5.56 Å². The number of fused-ring (bicyclic) bond motifs is 2. The molecule has 2 aromatic carbocycles. The lowest BCUT2D eigenvalue weighted by molar-refractivity contribution is -0.117. The first-order valence-electron chi connectivity index (χ1n) is 11.3. The molecule has 0 aliphatic carbocycles. The fourth-order valence-electron chi connectivity index (χ4n) is 4.58. The maximum absolute atomic E-state index is 13.4. The van der Waals surface area contributed by atoms with E-state index >= 15 is 0 Å². The number of amides is 1. The Bertz CT molecular complexity index is 1200. The highest BCUT2D eigenvalue weighted by Crippen LogP contribution is 2.31. The molecule has 166 valence electrons. The molecule has 3 heterocycles. The molecule has 2 atom stereocenters. The first-order chi connectivity index (χ1) is 15.6. The highest BCUT2D eigenvalue weighted by Gasteiger charge is 2.28. The van der Waals surface area contributed by atoms with Gasteiger partial charge < -0.3 is 9.64 Å². The molecular weight excluding hydrogens is 422 g/mol. The fraction of sp³-hybridized carbons (Fsp3) is 0.400. The first kappa shape index (κ1) is 21.2. The van der Waals surface area contributed by atoms with Crippen molar-refractivity contribution in [2.45, 2.75) is 55.7 Å². The van der Waals surface area contributed by atoms with Crippen molar-refractivity contribution in [3.05, 3.63) is 64.4 Å². The molecular formula is C25H27N3O3S. The number of para-hydroxylation sites is 2. The summed E-state index contributed by atoms with van der Waals surface area (Å²) < 4.78 is 7.50. The molecule has 0 unspecified atom stereocenters. The molecule has 0 N–H and O–H groups in total. The highest BCUT2D eigenvalue weighted by molar-refractivity contribution is 8.00. The summed E-state index contributed by atoms with van der Waals surface area (Å²) in [4.78, 5) is 33.4. The van der Waals surface area contributed by atoms with Gasteiger partial charge in [0.2, 0.25) is 5.91 Å². The van der Waals surface area contributed by atoms with E-state index in [1.165, 1.54) is 17.3 Å². The second-order valence-corrected chi connectivity index (χ2v) is 9.75. The van der Waals surface area contributed by atoms with Crippen molar-refractivity contribution in [1.82, 2.24) is 9.55 Å². The number of nitrogens with zero attached hydrogens (tertiary/aromatic N) is 3. The number of carbonyl (C=O) groups excluding carboxylic acids is 1. The number of aryl methyl sites for hydroxylation is 1. The van der Waals surface area contributed by atoms with Gasteiger partial charge >= 0.3 is 0 Å². The molecule has 1 amide bonds. The van der Waals surface area contributed by atoms with Gasteiger partial charge in [-0.15, -0.1) is 0 Å². The SMILES string of the molecule is C[C@@H](Sc1nc2ccccc2c(=O)n1C[C@H]1CCCO1)C(=O)N1CCCc2ccccc21. The number of ether oxygens (including phenoxy) is 1. The molecule has 2 aliphatic rings. The minimum Gasteiger partial charge on any atom is -0.376 e. The lowest BCUT2D eigenvalue weighted by atomic mass is 10.0. The standard InChI is InChI=1S/C25H27N3O3S/c1-17(23(29)27-14-6-9-18-8-2-5-13-22(18)27)32-25-26-21-12-4-3-11-20(21)24(30)28(25)16-19-10-7-15-31-19/h2-5,8,11-13,17,19H,6-7,9-10,14-16H2,1H3/t17-,19-/m1/s1. The average Bonchev–Trinajstić information content (AvgIpc) is 3.34. The number of anilines is 1. The number of thioether (sulfide) groups is 1. The molecule has 3 aromatic rings. The van der Waals surface area contributed by atoms with Crippen LogP contribution in [0, 0.1) is 0 Å². The molecule has 32 heavy (non-hydrogen) atoms. The number of hydrogen-bond acceptors (Lipinski definition) is 5. The van der Waals surface area contributed by atoms with Gasteiger partial charge in [-0.1, -0.05) is 42.1 Å². The van der Waals surface area contributed by atoms with Crippen LogP contribution in [0.2, 0.25) is 0 Å². The van der Waals surface area contributed by atoms with Gasteiger partial charge in [0, 0.05) is 18.8 Å². The smallest absolute Gasteiger partial charge is 0.262 e. The number of carbonyl (C=O) groups is 1. The van der Waals surface area contributed by atoms with Gasteiger partial charge in [0.1, 0.15) is 0 Å². The zero-order valence-electron chi connectivity index (χ0n) is 18.2. The van der Waals surface area contributed by atoms with E-state index in [0.717, 1.165) is 38.0 Å². The van der Waals surface area contributed by atoms with Crippen molar-refractivity contribution >= 4 is 34.3 Å². The van der Waals surface area contributed by atoms with Crippen molar-refractivity contribution < 1.29 is 9.53 Å². The van der Waals surface area contributed by atoms with Crippen LogP contribution in [0.1, 0.15) is 31.7 Å². The lowest BCUT2D eigenvalue weighted by Gasteiger charge is -2.31. The van der Waals surface area contributed by atoms with Crippen molar-refractivity contribution in [3.8, 4) is 0 Å². The van der Waals surface area contributed by atoms with Gasteiger partial charge in [-0.3, -0.25) is 14.2 Å². The van der Waals surface area contributed by atoms with Gasteiger partial charge in [0.05, 0.1) is 28.8 Å². The van der Waals surface area contributed by atoms with Gasteiger partial charge in [-0.05, 0) is 56.4 Å². The Balaban J connectivity index is 1.46. The number of rotatable bonds is 5. The summed E-state index contributed by atoms with van der Waals surface area (Å²) in [6, 6.07) is 15.5. The van der Waals surface area contributed by atoms with E-state index in [-0.39, 0.29) is 22.8 Å². The molecule has 7 heteroatoms. The van der Waals surface area contributed by atoms with Crippen LogP contribution in [0.5, 0.6) is 0 Å². The fourth-order valence-corrected chi connectivity index (χ4v) is 5.56. The predicted octanol–water partition coefficient (Wildman–Crippen LogP) is 4.04. The van der Waals surface area contributed by atoms with Crippen LogP contribution in [0.4, 0.5) is 5.69 Å². The number of hydrogen-bond donors (Lipinski definition) is 0. The van der Waals surface area contributed by atoms with Crippen molar-refractivity contribution in [1.29, 1.82) is 0 Å². The molecule has 1 aromatic heterocycles. The Kier molecular flexibility index (Phi) is 6.02. The van der Waals surface area contributed by atoms with Crippen molar-refractivity contribution in [2.75, 3.05) is 18.1 Å². The Hall–Kier alpha value is -2.64. The monoisotopic (exact) mass is 449 g/mol. The zero-order valence-corrected chi connectivity index (χ0v) is 19.0. The van der Waals surface area contributed by atoms with Crippen molar-refractivity contribution in [3.63, 3.8) is 0 Å². The largest absolute Gasteiger partial charge is 0.376 e.